The van der Waals surface area contributed by atoms with E-state index in [0.29, 0.717) is 24.2 Å². The number of carboxylic acids is 2. The van der Waals surface area contributed by atoms with Crippen LogP contribution in [0, 0.1) is 13.8 Å². The van der Waals surface area contributed by atoms with E-state index in [1.54, 1.807) is 0 Å². The fourth-order valence-electron chi connectivity index (χ4n) is 6.90. The molecule has 7 heterocycles. The van der Waals surface area contributed by atoms with Crippen molar-refractivity contribution in [3.05, 3.63) is 82.5 Å². The number of aromatic amines is 2. The number of rotatable bonds is 8. The summed E-state index contributed by atoms with van der Waals surface area (Å²) >= 11 is 0. The van der Waals surface area contributed by atoms with Gasteiger partial charge in [-0.25, -0.2) is 9.97 Å². The number of aromatic nitrogens is 4. The van der Waals surface area contributed by atoms with Gasteiger partial charge in [0.05, 0.1) is 22.8 Å². The molecule has 4 aliphatic rings. The van der Waals surface area contributed by atoms with Crippen LogP contribution in [0.15, 0.2) is 37.4 Å². The van der Waals surface area contributed by atoms with Crippen molar-refractivity contribution in [3.63, 3.8) is 0 Å². The molecule has 58 heavy (non-hydrogen) atoms. The minimum Gasteiger partial charge on any atom is -0.481 e. The number of carbonyl (C=O) groups excluding carboxylic acids is 4. The molecule has 0 aromatic carbocycles. The minimum atomic E-state index is -0.889. The van der Waals surface area contributed by atoms with Gasteiger partial charge in [-0.2, -0.15) is 10.1 Å². The number of hydrogen-bond donors (Lipinski definition) is 6. The van der Waals surface area contributed by atoms with Crippen molar-refractivity contribution < 1.29 is 49.4 Å². The molecule has 4 aliphatic heterocycles. The van der Waals surface area contributed by atoms with Crippen molar-refractivity contribution in [1.29, 1.82) is 0 Å². The summed E-state index contributed by atoms with van der Waals surface area (Å²) in [6.45, 7) is 16.1. The molecule has 0 spiro atoms. The monoisotopic (exact) mass is 792 g/mol. The first-order chi connectivity index (χ1) is 27.4. The number of hydrogen-bond acceptors (Lipinski definition) is 10. The highest BCUT2D eigenvalue weighted by atomic mass is 16.5. The Hall–Kier alpha value is -6.78. The first kappa shape index (κ1) is 42.4. The van der Waals surface area contributed by atoms with Gasteiger partial charge in [0.15, 0.2) is 0 Å². The van der Waals surface area contributed by atoms with E-state index in [1.165, 1.54) is 0 Å². The summed E-state index contributed by atoms with van der Waals surface area (Å²) < 4.78 is 0. The molecule has 0 radical (unpaired) electrons. The molecule has 0 atom stereocenters. The number of hydroxylamine groups is 4. The van der Waals surface area contributed by atoms with E-state index in [9.17, 15) is 39.0 Å². The smallest absolute Gasteiger partial charge is 0.303 e. The van der Waals surface area contributed by atoms with Crippen LogP contribution >= 0.6 is 0 Å². The van der Waals surface area contributed by atoms with E-state index >= 15 is 0 Å². The first-order valence-electron chi connectivity index (χ1n) is 18.4. The standard InChI is InChI=1S/C34H34N4O4.2C4H5NO3/c1-7-21-17(3)25-13-26-19(5)23(9-11-33(39)40)31(37-26)16-32-24(10-12-34(41)42)20(6)28(38-32)15-30-22(8-2)18(4)27(36-30)14-29(21)35-25;2*6-3-1-2-4(7)5(3)8/h7-8,13-16,35-36H,1-2,9-12H2,3-6H3,(H,39,40)(H,41,42);2*8H,1-2H2. The molecule has 0 saturated carbocycles. The summed E-state index contributed by atoms with van der Waals surface area (Å²) in [7, 11) is 0. The maximum atomic E-state index is 11.5. The maximum Gasteiger partial charge on any atom is 0.303 e. The third kappa shape index (κ3) is 8.93. The van der Waals surface area contributed by atoms with Gasteiger partial charge in [0.2, 0.25) is 0 Å². The molecule has 2 fully saturated rings. The summed E-state index contributed by atoms with van der Waals surface area (Å²) in [4.78, 5) is 81.0. The third-order valence-corrected chi connectivity index (χ3v) is 10.3. The second kappa shape index (κ2) is 17.6. The van der Waals surface area contributed by atoms with Crippen molar-refractivity contribution in [2.24, 2.45) is 0 Å². The molecule has 7 rings (SSSR count). The molecule has 8 bridgehead atoms. The van der Waals surface area contributed by atoms with Gasteiger partial charge in [-0.3, -0.25) is 39.2 Å². The van der Waals surface area contributed by atoms with Crippen LogP contribution < -0.4 is 0 Å². The van der Waals surface area contributed by atoms with E-state index in [2.05, 4.69) is 29.2 Å². The normalized spacial score (nSPS) is 15.1. The number of carbonyl (C=O) groups is 6. The Labute approximate surface area is 332 Å². The van der Waals surface area contributed by atoms with Crippen LogP contribution in [-0.2, 0) is 28.8 Å². The van der Waals surface area contributed by atoms with Crippen molar-refractivity contribution in [2.75, 3.05) is 0 Å². The topological polar surface area (TPSA) is 247 Å². The number of fused-ring (bicyclic) bond motifs is 8. The molecule has 4 amide bonds. The van der Waals surface area contributed by atoms with E-state index in [0.717, 1.165) is 78.0 Å². The van der Waals surface area contributed by atoms with Gasteiger partial charge >= 0.3 is 11.9 Å². The predicted octanol–water partition coefficient (Wildman–Crippen LogP) is 6.86. The van der Waals surface area contributed by atoms with Gasteiger partial charge in [-0.05, 0) is 98.2 Å². The molecule has 2 saturated heterocycles. The molecular formula is C42H44N6O10. The number of allylic oxidation sites excluding steroid dienone is 4. The van der Waals surface area contributed by atoms with Crippen LogP contribution in [0.1, 0.15) is 110 Å². The average molecular weight is 793 g/mol. The van der Waals surface area contributed by atoms with Crippen LogP contribution in [0.3, 0.4) is 0 Å². The van der Waals surface area contributed by atoms with E-state index < -0.39 is 35.6 Å². The van der Waals surface area contributed by atoms with Crippen molar-refractivity contribution in [1.82, 2.24) is 30.1 Å². The van der Waals surface area contributed by atoms with Gasteiger partial charge in [0.1, 0.15) is 0 Å². The van der Waals surface area contributed by atoms with Gasteiger partial charge in [-0.1, -0.05) is 25.3 Å². The summed E-state index contributed by atoms with van der Waals surface area (Å²) in [6, 6.07) is 7.88. The summed E-state index contributed by atoms with van der Waals surface area (Å²) in [6.07, 6.45) is 4.79. The SMILES string of the molecule is C=Cc1c(C)c2cc3[nH]c(cc4nc(cc5nc(cc1[nH]2)C(C)=C5CCC(=O)O)C(CCC(=O)O)=C4C)c(C)c3C=C.O=C1CCC(=O)N1O.O=C1CCC(=O)N1O. The molecule has 0 aliphatic carbocycles. The Morgan fingerprint density at radius 3 is 1.28 bits per heavy atom. The molecule has 302 valence electrons. The number of nitrogens with zero attached hydrogens (tertiary/aromatic N) is 4. The van der Waals surface area contributed by atoms with Crippen LogP contribution in [-0.4, -0.2) is 86.3 Å². The predicted molar refractivity (Wildman–Crippen MR) is 215 cm³/mol. The zero-order valence-electron chi connectivity index (χ0n) is 32.6. The number of H-pyrrole nitrogens is 2. The van der Waals surface area contributed by atoms with Gasteiger partial charge < -0.3 is 20.2 Å². The van der Waals surface area contributed by atoms with Crippen LogP contribution in [0.4, 0.5) is 0 Å². The van der Waals surface area contributed by atoms with Crippen LogP contribution in [0.2, 0.25) is 0 Å². The largest absolute Gasteiger partial charge is 0.481 e. The lowest BCUT2D eigenvalue weighted by atomic mass is 9.98. The number of nitrogens with one attached hydrogen (secondary N) is 2. The fourth-order valence-corrected chi connectivity index (χ4v) is 6.90. The molecule has 16 nitrogen and oxygen atoms in total. The van der Waals surface area contributed by atoms with E-state index in [4.69, 9.17) is 20.4 Å². The van der Waals surface area contributed by atoms with Gasteiger partial charge in [0, 0.05) is 71.7 Å². The van der Waals surface area contributed by atoms with Crippen LogP contribution in [0.25, 0.3) is 56.5 Å². The molecule has 0 unspecified atom stereocenters. The Balaban J connectivity index is 0.000000330. The summed E-state index contributed by atoms with van der Waals surface area (Å²) in [5.41, 5.74) is 13.7. The van der Waals surface area contributed by atoms with Gasteiger partial charge in [0.25, 0.3) is 23.6 Å². The lowest BCUT2D eigenvalue weighted by Gasteiger charge is -2.05. The zero-order chi connectivity index (χ0) is 42.6. The highest BCUT2D eigenvalue weighted by Crippen LogP contribution is 2.38. The Bertz CT molecular complexity index is 2460. The van der Waals surface area contributed by atoms with Crippen molar-refractivity contribution >= 4 is 92.1 Å². The second-order valence-electron chi connectivity index (χ2n) is 13.9. The number of aryl methyl sites for hydroxylation is 2. The molecule has 3 aromatic heterocycles. The maximum absolute atomic E-state index is 11.5. The second-order valence-corrected chi connectivity index (χ2v) is 13.9. The molecular weight excluding hydrogens is 748 g/mol. The summed E-state index contributed by atoms with van der Waals surface area (Å²) in [5.74, 6) is -3.79. The highest BCUT2D eigenvalue weighted by molar-refractivity contribution is 6.01. The minimum absolute atomic E-state index is 0.0367. The Morgan fingerprint density at radius 2 is 0.948 bits per heavy atom. The Morgan fingerprint density at radius 1 is 0.603 bits per heavy atom. The number of amides is 4. The third-order valence-electron chi connectivity index (χ3n) is 10.3. The number of carboxylic acid groups (broad SMARTS) is 2. The van der Waals surface area contributed by atoms with Crippen LogP contribution in [0.5, 0.6) is 0 Å². The Kier molecular flexibility index (Phi) is 12.8. The lowest BCUT2D eigenvalue weighted by molar-refractivity contribution is -0.172. The number of imide groups is 2. The zero-order valence-corrected chi connectivity index (χ0v) is 32.6. The number of aliphatic carboxylic acids is 2. The van der Waals surface area contributed by atoms with E-state index in [-0.39, 0.29) is 48.7 Å². The molecule has 6 N–H and O–H groups in total. The van der Waals surface area contributed by atoms with Crippen molar-refractivity contribution in [3.8, 4) is 0 Å². The first-order valence-corrected chi connectivity index (χ1v) is 18.4. The average Bonchev–Trinajstić information content (AvgIpc) is 3.97. The van der Waals surface area contributed by atoms with E-state index in [1.807, 2.05) is 58.0 Å². The molecule has 16 heteroatoms. The summed E-state index contributed by atoms with van der Waals surface area (Å²) in [5, 5.41) is 36.0. The lowest BCUT2D eigenvalue weighted by Crippen LogP contribution is -2.24. The quantitative estimate of drug-likeness (QED) is 0.101. The van der Waals surface area contributed by atoms with Crippen molar-refractivity contribution in [2.45, 2.75) is 79.1 Å². The fraction of sp³-hybridized carbons (Fsp3) is 0.286. The van der Waals surface area contributed by atoms with Gasteiger partial charge in [-0.15, -0.1) is 0 Å². The molecule has 3 aromatic rings. The highest BCUT2D eigenvalue weighted by Gasteiger charge is 2.28.